The van der Waals surface area contributed by atoms with Crippen LogP contribution in [0.4, 0.5) is 0 Å². The summed E-state index contributed by atoms with van der Waals surface area (Å²) in [5, 5.41) is 12.8. The third-order valence-electron chi connectivity index (χ3n) is 2.91. The molecule has 4 heteroatoms. The molecule has 0 spiro atoms. The minimum atomic E-state index is -0.817. The molecule has 88 valence electrons. The SMILES string of the molecule is CC(C(=O)N(C)CC(C)(C)O)C1CNC1. The van der Waals surface area contributed by atoms with E-state index in [-0.39, 0.29) is 11.8 Å². The highest BCUT2D eigenvalue weighted by Crippen LogP contribution is 2.18. The van der Waals surface area contributed by atoms with E-state index in [1.165, 1.54) is 0 Å². The van der Waals surface area contributed by atoms with E-state index in [4.69, 9.17) is 0 Å². The fraction of sp³-hybridized carbons (Fsp3) is 0.909. The Labute approximate surface area is 91.6 Å². The molecule has 1 fully saturated rings. The van der Waals surface area contributed by atoms with Crippen molar-refractivity contribution in [2.24, 2.45) is 11.8 Å². The standard InChI is InChI=1S/C11H22N2O2/c1-8(9-5-12-6-9)10(14)13(4)7-11(2,3)15/h8-9,12,15H,5-7H2,1-4H3. The molecule has 0 radical (unpaired) electrons. The van der Waals surface area contributed by atoms with Gasteiger partial charge in [-0.05, 0) is 32.9 Å². The Balaban J connectivity index is 2.44. The minimum Gasteiger partial charge on any atom is -0.389 e. The Morgan fingerprint density at radius 1 is 1.60 bits per heavy atom. The van der Waals surface area contributed by atoms with Gasteiger partial charge in [0.2, 0.25) is 5.91 Å². The van der Waals surface area contributed by atoms with E-state index in [1.54, 1.807) is 25.8 Å². The van der Waals surface area contributed by atoms with Crippen LogP contribution in [0.5, 0.6) is 0 Å². The van der Waals surface area contributed by atoms with Crippen molar-refractivity contribution in [2.75, 3.05) is 26.7 Å². The summed E-state index contributed by atoms with van der Waals surface area (Å²) in [6.07, 6.45) is 0. The van der Waals surface area contributed by atoms with E-state index < -0.39 is 5.60 Å². The van der Waals surface area contributed by atoms with Crippen LogP contribution >= 0.6 is 0 Å². The maximum atomic E-state index is 11.9. The molecular formula is C11H22N2O2. The average molecular weight is 214 g/mol. The van der Waals surface area contributed by atoms with Crippen LogP contribution in [0.2, 0.25) is 0 Å². The van der Waals surface area contributed by atoms with Gasteiger partial charge in [0.1, 0.15) is 0 Å². The molecule has 1 aliphatic rings. The van der Waals surface area contributed by atoms with Gasteiger partial charge < -0.3 is 15.3 Å². The lowest BCUT2D eigenvalue weighted by atomic mass is 9.88. The van der Waals surface area contributed by atoms with Crippen LogP contribution < -0.4 is 5.32 Å². The van der Waals surface area contributed by atoms with Crippen molar-refractivity contribution < 1.29 is 9.90 Å². The third-order valence-corrected chi connectivity index (χ3v) is 2.91. The number of amides is 1. The van der Waals surface area contributed by atoms with Crippen molar-refractivity contribution in [2.45, 2.75) is 26.4 Å². The second-order valence-corrected chi connectivity index (χ2v) is 5.21. The van der Waals surface area contributed by atoms with E-state index in [0.29, 0.717) is 12.5 Å². The van der Waals surface area contributed by atoms with Crippen LogP contribution in [0.15, 0.2) is 0 Å². The largest absolute Gasteiger partial charge is 0.389 e. The third kappa shape index (κ3) is 3.47. The zero-order chi connectivity index (χ0) is 11.6. The molecular weight excluding hydrogens is 192 g/mol. The topological polar surface area (TPSA) is 52.6 Å². The lowest BCUT2D eigenvalue weighted by Gasteiger charge is -2.35. The number of rotatable bonds is 4. The molecule has 15 heavy (non-hydrogen) atoms. The van der Waals surface area contributed by atoms with Gasteiger partial charge in [-0.25, -0.2) is 0 Å². The fourth-order valence-corrected chi connectivity index (χ4v) is 1.87. The lowest BCUT2D eigenvalue weighted by molar-refractivity contribution is -0.138. The zero-order valence-corrected chi connectivity index (χ0v) is 10.1. The molecule has 1 rings (SSSR count). The van der Waals surface area contributed by atoms with Crippen LogP contribution in [-0.4, -0.2) is 48.2 Å². The first-order valence-corrected chi connectivity index (χ1v) is 5.49. The van der Waals surface area contributed by atoms with Crippen molar-refractivity contribution in [3.63, 3.8) is 0 Å². The second-order valence-electron chi connectivity index (χ2n) is 5.21. The van der Waals surface area contributed by atoms with Gasteiger partial charge in [0, 0.05) is 19.5 Å². The molecule has 0 aromatic carbocycles. The average Bonchev–Trinajstić information content (AvgIpc) is 1.96. The predicted octanol–water partition coefficient (Wildman–Crippen LogP) is 0.0712. The summed E-state index contributed by atoms with van der Waals surface area (Å²) in [6.45, 7) is 7.65. The molecule has 0 aliphatic carbocycles. The highest BCUT2D eigenvalue weighted by molar-refractivity contribution is 5.78. The van der Waals surface area contributed by atoms with Gasteiger partial charge in [-0.15, -0.1) is 0 Å². The summed E-state index contributed by atoms with van der Waals surface area (Å²) < 4.78 is 0. The summed E-state index contributed by atoms with van der Waals surface area (Å²) in [4.78, 5) is 13.6. The van der Waals surface area contributed by atoms with Crippen molar-refractivity contribution in [3.8, 4) is 0 Å². The number of likely N-dealkylation sites (N-methyl/N-ethyl adjacent to an activating group) is 1. The van der Waals surface area contributed by atoms with E-state index in [9.17, 15) is 9.90 Å². The number of aliphatic hydroxyl groups is 1. The quantitative estimate of drug-likeness (QED) is 0.696. The molecule has 1 amide bonds. The Bertz CT molecular complexity index is 231. The Kier molecular flexibility index (Phi) is 3.73. The second kappa shape index (κ2) is 4.49. The van der Waals surface area contributed by atoms with Gasteiger partial charge in [-0.2, -0.15) is 0 Å². The molecule has 0 aromatic heterocycles. The van der Waals surface area contributed by atoms with Crippen molar-refractivity contribution in [1.29, 1.82) is 0 Å². The van der Waals surface area contributed by atoms with E-state index in [1.807, 2.05) is 6.92 Å². The molecule has 4 nitrogen and oxygen atoms in total. The van der Waals surface area contributed by atoms with E-state index in [0.717, 1.165) is 13.1 Å². The number of carbonyl (C=O) groups is 1. The monoisotopic (exact) mass is 214 g/mol. The normalized spacial score (nSPS) is 19.5. The number of carbonyl (C=O) groups excluding carboxylic acids is 1. The summed E-state index contributed by atoms with van der Waals surface area (Å²) in [5.74, 6) is 0.643. The molecule has 1 unspecified atom stereocenters. The first-order valence-electron chi connectivity index (χ1n) is 5.49. The van der Waals surface area contributed by atoms with E-state index >= 15 is 0 Å². The van der Waals surface area contributed by atoms with Crippen LogP contribution in [0.1, 0.15) is 20.8 Å². The predicted molar refractivity (Wildman–Crippen MR) is 59.5 cm³/mol. The van der Waals surface area contributed by atoms with Crippen LogP contribution in [0.3, 0.4) is 0 Å². The molecule has 0 saturated carbocycles. The minimum absolute atomic E-state index is 0.0543. The smallest absolute Gasteiger partial charge is 0.225 e. The van der Waals surface area contributed by atoms with Gasteiger partial charge in [-0.1, -0.05) is 6.92 Å². The molecule has 1 aliphatic heterocycles. The molecule has 0 bridgehead atoms. The van der Waals surface area contributed by atoms with Gasteiger partial charge in [-0.3, -0.25) is 4.79 Å². The van der Waals surface area contributed by atoms with Crippen molar-refractivity contribution >= 4 is 5.91 Å². The lowest BCUT2D eigenvalue weighted by Crippen LogP contribution is -2.51. The Morgan fingerprint density at radius 2 is 2.13 bits per heavy atom. The maximum Gasteiger partial charge on any atom is 0.225 e. The van der Waals surface area contributed by atoms with Gasteiger partial charge in [0.25, 0.3) is 0 Å². The summed E-state index contributed by atoms with van der Waals surface area (Å²) in [5.41, 5.74) is -0.817. The van der Waals surface area contributed by atoms with E-state index in [2.05, 4.69) is 5.32 Å². The summed E-state index contributed by atoms with van der Waals surface area (Å²) in [7, 11) is 1.75. The molecule has 2 N–H and O–H groups in total. The summed E-state index contributed by atoms with van der Waals surface area (Å²) >= 11 is 0. The van der Waals surface area contributed by atoms with Crippen molar-refractivity contribution in [1.82, 2.24) is 10.2 Å². The fourth-order valence-electron chi connectivity index (χ4n) is 1.87. The highest BCUT2D eigenvalue weighted by atomic mass is 16.3. The molecule has 1 atom stereocenters. The number of nitrogens with one attached hydrogen (secondary N) is 1. The Hall–Kier alpha value is -0.610. The van der Waals surface area contributed by atoms with Gasteiger partial charge >= 0.3 is 0 Å². The van der Waals surface area contributed by atoms with Gasteiger partial charge in [0.05, 0.1) is 5.60 Å². The van der Waals surface area contributed by atoms with Crippen LogP contribution in [0, 0.1) is 11.8 Å². The maximum absolute atomic E-state index is 11.9. The van der Waals surface area contributed by atoms with Crippen molar-refractivity contribution in [3.05, 3.63) is 0 Å². The van der Waals surface area contributed by atoms with Crippen LogP contribution in [0.25, 0.3) is 0 Å². The molecule has 1 saturated heterocycles. The molecule has 1 heterocycles. The Morgan fingerprint density at radius 3 is 2.47 bits per heavy atom. The zero-order valence-electron chi connectivity index (χ0n) is 10.1. The number of nitrogens with zero attached hydrogens (tertiary/aromatic N) is 1. The number of hydrogen-bond donors (Lipinski definition) is 2. The number of hydrogen-bond acceptors (Lipinski definition) is 3. The summed E-state index contributed by atoms with van der Waals surface area (Å²) in [6, 6.07) is 0. The van der Waals surface area contributed by atoms with Gasteiger partial charge in [0.15, 0.2) is 0 Å². The highest BCUT2D eigenvalue weighted by Gasteiger charge is 2.31. The molecule has 0 aromatic rings. The first kappa shape index (κ1) is 12.5. The first-order chi connectivity index (χ1) is 6.81. The van der Waals surface area contributed by atoms with Crippen LogP contribution in [-0.2, 0) is 4.79 Å².